The monoisotopic (exact) mass is 230 g/mol. The number of aliphatic hydroxyl groups excluding tert-OH is 1. The Labute approximate surface area is 99.2 Å². The summed E-state index contributed by atoms with van der Waals surface area (Å²) < 4.78 is 5.04. The summed E-state index contributed by atoms with van der Waals surface area (Å²) in [4.78, 5) is 11.2. The number of hydrogen-bond donors (Lipinski definition) is 1. The molecular formula is C13H26O3. The van der Waals surface area contributed by atoms with E-state index in [1.54, 1.807) is 0 Å². The molecule has 3 nitrogen and oxygen atoms in total. The van der Waals surface area contributed by atoms with Crippen LogP contribution in [0.25, 0.3) is 0 Å². The fraction of sp³-hybridized carbons (Fsp3) is 0.923. The van der Waals surface area contributed by atoms with Crippen molar-refractivity contribution in [3.8, 4) is 0 Å². The highest BCUT2D eigenvalue weighted by atomic mass is 16.5. The Balaban J connectivity index is 3.18. The molecule has 0 saturated heterocycles. The molecular weight excluding hydrogens is 204 g/mol. The predicted octanol–water partition coefficient (Wildman–Crippen LogP) is 3.05. The Hall–Kier alpha value is -0.570. The van der Waals surface area contributed by atoms with Crippen LogP contribution in [-0.4, -0.2) is 23.3 Å². The Morgan fingerprint density at radius 2 is 1.62 bits per heavy atom. The first-order valence-corrected chi connectivity index (χ1v) is 6.40. The molecule has 0 saturated carbocycles. The van der Waals surface area contributed by atoms with Crippen LogP contribution in [0.4, 0.5) is 0 Å². The zero-order valence-corrected chi connectivity index (χ0v) is 10.9. The van der Waals surface area contributed by atoms with Gasteiger partial charge in [0.15, 0.2) is 0 Å². The maximum Gasteiger partial charge on any atom is 0.306 e. The van der Waals surface area contributed by atoms with Gasteiger partial charge >= 0.3 is 5.97 Å². The van der Waals surface area contributed by atoms with E-state index in [-0.39, 0.29) is 18.2 Å². The minimum absolute atomic E-state index is 0.00135. The Bertz CT molecular complexity index is 176. The van der Waals surface area contributed by atoms with Crippen molar-refractivity contribution in [3.05, 3.63) is 0 Å². The van der Waals surface area contributed by atoms with Crippen molar-refractivity contribution < 1.29 is 14.6 Å². The quantitative estimate of drug-likeness (QED) is 0.489. The molecule has 0 rings (SSSR count). The minimum Gasteiger partial charge on any atom is -0.463 e. The van der Waals surface area contributed by atoms with Gasteiger partial charge in [0.1, 0.15) is 0 Å². The summed E-state index contributed by atoms with van der Waals surface area (Å²) in [5.41, 5.74) is 0. The van der Waals surface area contributed by atoms with Crippen molar-refractivity contribution in [1.82, 2.24) is 0 Å². The van der Waals surface area contributed by atoms with Gasteiger partial charge < -0.3 is 9.84 Å². The van der Waals surface area contributed by atoms with Crippen LogP contribution in [-0.2, 0) is 9.53 Å². The van der Waals surface area contributed by atoms with Gasteiger partial charge in [0.05, 0.1) is 12.2 Å². The predicted molar refractivity (Wildman–Crippen MR) is 65.2 cm³/mol. The van der Waals surface area contributed by atoms with Crippen LogP contribution in [0.3, 0.4) is 0 Å². The van der Waals surface area contributed by atoms with Crippen molar-refractivity contribution in [3.63, 3.8) is 0 Å². The van der Waals surface area contributed by atoms with E-state index < -0.39 is 0 Å². The molecule has 0 bridgehead atoms. The molecule has 1 unspecified atom stereocenters. The average Bonchev–Trinajstić information content (AvgIpc) is 2.14. The molecule has 0 heterocycles. The van der Waals surface area contributed by atoms with E-state index in [0.717, 1.165) is 38.5 Å². The Morgan fingerprint density at radius 3 is 2.19 bits per heavy atom. The molecule has 16 heavy (non-hydrogen) atoms. The lowest BCUT2D eigenvalue weighted by Gasteiger charge is -2.07. The second kappa shape index (κ2) is 9.64. The molecule has 0 aromatic rings. The van der Waals surface area contributed by atoms with Gasteiger partial charge in [-0.15, -0.1) is 0 Å². The third kappa shape index (κ3) is 11.5. The van der Waals surface area contributed by atoms with E-state index in [0.29, 0.717) is 6.42 Å². The summed E-state index contributed by atoms with van der Waals surface area (Å²) in [7, 11) is 0. The molecule has 1 N–H and O–H groups in total. The van der Waals surface area contributed by atoms with Gasteiger partial charge in [-0.05, 0) is 33.6 Å². The molecule has 0 aliphatic rings. The largest absolute Gasteiger partial charge is 0.463 e. The smallest absolute Gasteiger partial charge is 0.306 e. The number of ether oxygens (including phenoxy) is 1. The first kappa shape index (κ1) is 15.4. The maximum absolute atomic E-state index is 11.2. The van der Waals surface area contributed by atoms with Gasteiger partial charge in [-0.25, -0.2) is 0 Å². The number of carbonyl (C=O) groups excluding carboxylic acids is 1. The summed E-state index contributed by atoms with van der Waals surface area (Å²) in [5, 5.41) is 9.05. The van der Waals surface area contributed by atoms with Crippen molar-refractivity contribution in [1.29, 1.82) is 0 Å². The fourth-order valence-corrected chi connectivity index (χ4v) is 1.56. The molecule has 0 aliphatic heterocycles. The van der Waals surface area contributed by atoms with Crippen molar-refractivity contribution in [2.75, 3.05) is 0 Å². The van der Waals surface area contributed by atoms with Gasteiger partial charge in [0, 0.05) is 6.42 Å². The van der Waals surface area contributed by atoms with Crippen molar-refractivity contribution in [2.45, 2.75) is 77.9 Å². The maximum atomic E-state index is 11.2. The van der Waals surface area contributed by atoms with Crippen LogP contribution in [0.2, 0.25) is 0 Å². The molecule has 1 atom stereocenters. The molecule has 0 spiro atoms. The van der Waals surface area contributed by atoms with E-state index >= 15 is 0 Å². The van der Waals surface area contributed by atoms with Crippen LogP contribution in [0.1, 0.15) is 65.7 Å². The normalized spacial score (nSPS) is 12.8. The summed E-state index contributed by atoms with van der Waals surface area (Å²) in [6, 6.07) is 0. The minimum atomic E-state index is -0.180. The zero-order valence-electron chi connectivity index (χ0n) is 10.9. The van der Waals surface area contributed by atoms with Crippen molar-refractivity contribution in [2.24, 2.45) is 0 Å². The van der Waals surface area contributed by atoms with Crippen LogP contribution >= 0.6 is 0 Å². The highest BCUT2D eigenvalue weighted by Gasteiger charge is 2.04. The van der Waals surface area contributed by atoms with Gasteiger partial charge in [-0.3, -0.25) is 4.79 Å². The molecule has 3 heteroatoms. The average molecular weight is 230 g/mol. The zero-order chi connectivity index (χ0) is 12.4. The molecule has 0 radical (unpaired) electrons. The third-order valence-corrected chi connectivity index (χ3v) is 2.37. The van der Waals surface area contributed by atoms with Gasteiger partial charge in [0.25, 0.3) is 0 Å². The Morgan fingerprint density at radius 1 is 1.06 bits per heavy atom. The van der Waals surface area contributed by atoms with E-state index in [9.17, 15) is 4.79 Å². The number of esters is 1. The lowest BCUT2D eigenvalue weighted by atomic mass is 10.1. The summed E-state index contributed by atoms with van der Waals surface area (Å²) >= 11 is 0. The molecule has 0 amide bonds. The number of carbonyl (C=O) groups is 1. The summed E-state index contributed by atoms with van der Waals surface area (Å²) in [6.07, 6.45) is 6.59. The van der Waals surface area contributed by atoms with Gasteiger partial charge in [-0.1, -0.05) is 25.7 Å². The topological polar surface area (TPSA) is 46.5 Å². The lowest BCUT2D eigenvalue weighted by Crippen LogP contribution is -2.10. The standard InChI is InChI=1S/C13H26O3/c1-11(2)16-13(15)10-8-6-4-5-7-9-12(3)14/h11-12,14H,4-10H2,1-3H3. The van der Waals surface area contributed by atoms with Crippen LogP contribution in [0.5, 0.6) is 0 Å². The van der Waals surface area contributed by atoms with Crippen LogP contribution in [0, 0.1) is 0 Å². The molecule has 0 fully saturated rings. The van der Waals surface area contributed by atoms with Gasteiger partial charge in [0.2, 0.25) is 0 Å². The lowest BCUT2D eigenvalue weighted by molar-refractivity contribution is -0.147. The van der Waals surface area contributed by atoms with E-state index in [1.165, 1.54) is 0 Å². The second-order valence-electron chi connectivity index (χ2n) is 4.69. The number of hydrogen-bond acceptors (Lipinski definition) is 3. The number of aliphatic hydroxyl groups is 1. The first-order valence-electron chi connectivity index (χ1n) is 6.40. The van der Waals surface area contributed by atoms with Crippen LogP contribution in [0.15, 0.2) is 0 Å². The van der Waals surface area contributed by atoms with Crippen molar-refractivity contribution >= 4 is 5.97 Å². The molecule has 0 aliphatic carbocycles. The number of unbranched alkanes of at least 4 members (excludes halogenated alkanes) is 4. The van der Waals surface area contributed by atoms with Crippen LogP contribution < -0.4 is 0 Å². The SMILES string of the molecule is CC(O)CCCCCCCC(=O)OC(C)C. The molecule has 0 aromatic carbocycles. The highest BCUT2D eigenvalue weighted by molar-refractivity contribution is 5.69. The fourth-order valence-electron chi connectivity index (χ4n) is 1.56. The number of rotatable bonds is 9. The van der Waals surface area contributed by atoms with E-state index in [4.69, 9.17) is 9.84 Å². The first-order chi connectivity index (χ1) is 7.52. The highest BCUT2D eigenvalue weighted by Crippen LogP contribution is 2.09. The summed E-state index contributed by atoms with van der Waals surface area (Å²) in [6.45, 7) is 5.56. The molecule has 0 aromatic heterocycles. The Kier molecular flexibility index (Phi) is 9.30. The van der Waals surface area contributed by atoms with E-state index in [1.807, 2.05) is 20.8 Å². The van der Waals surface area contributed by atoms with E-state index in [2.05, 4.69) is 0 Å². The summed E-state index contributed by atoms with van der Waals surface area (Å²) in [5.74, 6) is -0.0843. The van der Waals surface area contributed by atoms with Gasteiger partial charge in [-0.2, -0.15) is 0 Å². The molecule has 96 valence electrons. The third-order valence-electron chi connectivity index (χ3n) is 2.37. The second-order valence-corrected chi connectivity index (χ2v) is 4.69.